The summed E-state index contributed by atoms with van der Waals surface area (Å²) in [7, 11) is 0. The van der Waals surface area contributed by atoms with Gasteiger partial charge < -0.3 is 14.8 Å². The second kappa shape index (κ2) is 3.17. The Morgan fingerprint density at radius 1 is 1.29 bits per heavy atom. The van der Waals surface area contributed by atoms with Gasteiger partial charge in [-0.3, -0.25) is 0 Å². The SMILES string of the molecule is c1cc2c(cc1NC1COC1)CCO2. The van der Waals surface area contributed by atoms with Crippen molar-refractivity contribution in [3.05, 3.63) is 23.8 Å². The number of anilines is 1. The first-order chi connectivity index (χ1) is 6.92. The molecule has 3 heteroatoms. The molecule has 3 nitrogen and oxygen atoms in total. The molecule has 74 valence electrons. The van der Waals surface area contributed by atoms with Gasteiger partial charge in [0, 0.05) is 12.1 Å². The van der Waals surface area contributed by atoms with E-state index < -0.39 is 0 Å². The zero-order valence-corrected chi connectivity index (χ0v) is 7.95. The molecule has 2 heterocycles. The fourth-order valence-corrected chi connectivity index (χ4v) is 1.83. The molecule has 0 spiro atoms. The number of hydrogen-bond acceptors (Lipinski definition) is 3. The maximum Gasteiger partial charge on any atom is 0.122 e. The summed E-state index contributed by atoms with van der Waals surface area (Å²) < 4.78 is 10.6. The number of nitrogens with one attached hydrogen (secondary N) is 1. The molecule has 0 unspecified atom stereocenters. The van der Waals surface area contributed by atoms with Crippen molar-refractivity contribution in [1.82, 2.24) is 0 Å². The van der Waals surface area contributed by atoms with Crippen LogP contribution in [0.1, 0.15) is 5.56 Å². The van der Waals surface area contributed by atoms with Gasteiger partial charge in [-0.1, -0.05) is 0 Å². The first-order valence-corrected chi connectivity index (χ1v) is 5.02. The van der Waals surface area contributed by atoms with Crippen molar-refractivity contribution in [1.29, 1.82) is 0 Å². The Kier molecular flexibility index (Phi) is 1.84. The summed E-state index contributed by atoms with van der Waals surface area (Å²) in [4.78, 5) is 0. The molecule has 1 aromatic rings. The molecule has 14 heavy (non-hydrogen) atoms. The van der Waals surface area contributed by atoms with Crippen molar-refractivity contribution in [3.63, 3.8) is 0 Å². The highest BCUT2D eigenvalue weighted by Gasteiger charge is 2.19. The highest BCUT2D eigenvalue weighted by molar-refractivity contribution is 5.53. The lowest BCUT2D eigenvalue weighted by Crippen LogP contribution is -2.40. The fourth-order valence-electron chi connectivity index (χ4n) is 1.83. The minimum atomic E-state index is 0.496. The van der Waals surface area contributed by atoms with Gasteiger partial charge in [-0.2, -0.15) is 0 Å². The van der Waals surface area contributed by atoms with Crippen LogP contribution in [0.25, 0.3) is 0 Å². The number of benzene rings is 1. The van der Waals surface area contributed by atoms with Crippen LogP contribution in [-0.4, -0.2) is 25.9 Å². The Morgan fingerprint density at radius 2 is 2.21 bits per heavy atom. The summed E-state index contributed by atoms with van der Waals surface area (Å²) >= 11 is 0. The number of fused-ring (bicyclic) bond motifs is 1. The van der Waals surface area contributed by atoms with E-state index in [1.165, 1.54) is 11.3 Å². The van der Waals surface area contributed by atoms with Crippen molar-refractivity contribution in [2.45, 2.75) is 12.5 Å². The third-order valence-electron chi connectivity index (χ3n) is 2.70. The Balaban J connectivity index is 1.78. The summed E-state index contributed by atoms with van der Waals surface area (Å²) in [6, 6.07) is 6.79. The molecular weight excluding hydrogens is 178 g/mol. The molecule has 1 aromatic carbocycles. The summed E-state index contributed by atoms with van der Waals surface area (Å²) in [5.41, 5.74) is 2.50. The maximum atomic E-state index is 5.45. The fraction of sp³-hybridized carbons (Fsp3) is 0.455. The summed E-state index contributed by atoms with van der Waals surface area (Å²) in [5.74, 6) is 1.04. The van der Waals surface area contributed by atoms with Crippen LogP contribution in [0, 0.1) is 0 Å². The average molecular weight is 191 g/mol. The van der Waals surface area contributed by atoms with Crippen molar-refractivity contribution in [2.75, 3.05) is 25.1 Å². The highest BCUT2D eigenvalue weighted by Crippen LogP contribution is 2.28. The Hall–Kier alpha value is -1.22. The van der Waals surface area contributed by atoms with Crippen molar-refractivity contribution in [3.8, 4) is 5.75 Å². The second-order valence-corrected chi connectivity index (χ2v) is 3.80. The van der Waals surface area contributed by atoms with Crippen molar-refractivity contribution >= 4 is 5.69 Å². The van der Waals surface area contributed by atoms with Crippen LogP contribution >= 0.6 is 0 Å². The van der Waals surface area contributed by atoms with E-state index in [0.717, 1.165) is 32.0 Å². The lowest BCUT2D eigenvalue weighted by molar-refractivity contribution is 0.0211. The zero-order valence-electron chi connectivity index (χ0n) is 7.95. The third kappa shape index (κ3) is 1.34. The van der Waals surface area contributed by atoms with Crippen LogP contribution in [0.5, 0.6) is 5.75 Å². The lowest BCUT2D eigenvalue weighted by Gasteiger charge is -2.27. The van der Waals surface area contributed by atoms with Gasteiger partial charge in [0.2, 0.25) is 0 Å². The van der Waals surface area contributed by atoms with Crippen LogP contribution in [0.3, 0.4) is 0 Å². The molecule has 0 aromatic heterocycles. The maximum absolute atomic E-state index is 5.45. The Labute approximate surface area is 83.0 Å². The molecule has 2 aliphatic rings. The molecule has 3 rings (SSSR count). The van der Waals surface area contributed by atoms with E-state index in [9.17, 15) is 0 Å². The number of rotatable bonds is 2. The molecule has 1 fully saturated rings. The molecule has 0 bridgehead atoms. The standard InChI is InChI=1S/C11H13NO2/c1-2-11-8(3-4-14-11)5-9(1)12-10-6-13-7-10/h1-2,5,10,12H,3-4,6-7H2. The summed E-state index contributed by atoms with van der Waals surface area (Å²) in [6.07, 6.45) is 1.03. The van der Waals surface area contributed by atoms with Gasteiger partial charge in [-0.05, 0) is 23.8 Å². The van der Waals surface area contributed by atoms with Gasteiger partial charge in [0.15, 0.2) is 0 Å². The normalized spacial score (nSPS) is 19.7. The summed E-state index contributed by atoms with van der Waals surface area (Å²) in [5, 5.41) is 3.43. The van der Waals surface area contributed by atoms with Gasteiger partial charge in [0.1, 0.15) is 5.75 Å². The topological polar surface area (TPSA) is 30.5 Å². The van der Waals surface area contributed by atoms with E-state index >= 15 is 0 Å². The highest BCUT2D eigenvalue weighted by atomic mass is 16.5. The van der Waals surface area contributed by atoms with Crippen LogP contribution in [0.15, 0.2) is 18.2 Å². The van der Waals surface area contributed by atoms with Gasteiger partial charge in [0.05, 0.1) is 25.9 Å². The second-order valence-electron chi connectivity index (χ2n) is 3.80. The van der Waals surface area contributed by atoms with Crippen LogP contribution in [0.4, 0.5) is 5.69 Å². The van der Waals surface area contributed by atoms with Gasteiger partial charge >= 0.3 is 0 Å². The molecule has 0 saturated carbocycles. The van der Waals surface area contributed by atoms with Crippen LogP contribution in [0.2, 0.25) is 0 Å². The van der Waals surface area contributed by atoms with E-state index in [0.29, 0.717) is 6.04 Å². The average Bonchev–Trinajstić information content (AvgIpc) is 2.58. The predicted octanol–water partition coefficient (Wildman–Crippen LogP) is 1.43. The van der Waals surface area contributed by atoms with Crippen molar-refractivity contribution in [2.24, 2.45) is 0 Å². The monoisotopic (exact) mass is 191 g/mol. The van der Waals surface area contributed by atoms with Crippen LogP contribution < -0.4 is 10.1 Å². The molecule has 0 atom stereocenters. The first kappa shape index (κ1) is 8.12. The smallest absolute Gasteiger partial charge is 0.122 e. The quantitative estimate of drug-likeness (QED) is 0.767. The van der Waals surface area contributed by atoms with E-state index in [1.54, 1.807) is 0 Å². The third-order valence-corrected chi connectivity index (χ3v) is 2.70. The van der Waals surface area contributed by atoms with Crippen molar-refractivity contribution < 1.29 is 9.47 Å². The molecule has 0 aliphatic carbocycles. The first-order valence-electron chi connectivity index (χ1n) is 5.02. The molecule has 1 saturated heterocycles. The van der Waals surface area contributed by atoms with E-state index in [2.05, 4.69) is 17.4 Å². The minimum Gasteiger partial charge on any atom is -0.493 e. The van der Waals surface area contributed by atoms with E-state index in [4.69, 9.17) is 9.47 Å². The van der Waals surface area contributed by atoms with E-state index in [1.807, 2.05) is 6.07 Å². The molecular formula is C11H13NO2. The van der Waals surface area contributed by atoms with Gasteiger partial charge in [-0.25, -0.2) is 0 Å². The molecule has 0 radical (unpaired) electrons. The van der Waals surface area contributed by atoms with Gasteiger partial charge in [0.25, 0.3) is 0 Å². The lowest BCUT2D eigenvalue weighted by atomic mass is 10.1. The van der Waals surface area contributed by atoms with Gasteiger partial charge in [-0.15, -0.1) is 0 Å². The van der Waals surface area contributed by atoms with E-state index in [-0.39, 0.29) is 0 Å². The number of hydrogen-bond donors (Lipinski definition) is 1. The largest absolute Gasteiger partial charge is 0.493 e. The number of ether oxygens (including phenoxy) is 2. The Morgan fingerprint density at radius 3 is 3.00 bits per heavy atom. The molecule has 0 amide bonds. The Bertz CT molecular complexity index is 347. The molecule has 2 aliphatic heterocycles. The zero-order chi connectivity index (χ0) is 9.38. The van der Waals surface area contributed by atoms with Crippen LogP contribution in [-0.2, 0) is 11.2 Å². The molecule has 1 N–H and O–H groups in total. The predicted molar refractivity (Wildman–Crippen MR) is 53.9 cm³/mol. The minimum absolute atomic E-state index is 0.496. The summed E-state index contributed by atoms with van der Waals surface area (Å²) in [6.45, 7) is 2.48.